The Morgan fingerprint density at radius 3 is 1.55 bits per heavy atom. The molecule has 1 aliphatic heterocycles. The fourth-order valence-electron chi connectivity index (χ4n) is 12.2. The average molecular weight is 1690 g/mol. The molecule has 0 unspecified atom stereocenters. The van der Waals surface area contributed by atoms with Gasteiger partial charge in [-0.1, -0.05) is 80.0 Å². The minimum Gasteiger partial charge on any atom is -0.481 e. The Balaban J connectivity index is 1.54. The van der Waals surface area contributed by atoms with Gasteiger partial charge >= 0.3 is 17.9 Å². The van der Waals surface area contributed by atoms with Crippen LogP contribution in [0.4, 0.5) is 0 Å². The van der Waals surface area contributed by atoms with Gasteiger partial charge in [-0.3, -0.25) is 81.5 Å². The van der Waals surface area contributed by atoms with Gasteiger partial charge < -0.3 is 121 Å². The van der Waals surface area contributed by atoms with Crippen LogP contribution in [0, 0.1) is 23.7 Å². The number of hydrogen-bond acceptors (Lipinski definition) is 24. The van der Waals surface area contributed by atoms with Gasteiger partial charge in [-0.15, -0.1) is 0 Å². The van der Waals surface area contributed by atoms with Gasteiger partial charge in [0, 0.05) is 66.3 Å². The van der Waals surface area contributed by atoms with Crippen LogP contribution >= 0.6 is 25.3 Å². The van der Waals surface area contributed by atoms with Crippen molar-refractivity contribution in [2.45, 2.75) is 224 Å². The predicted octanol–water partition coefficient (Wildman–Crippen LogP) is -5.75. The van der Waals surface area contributed by atoms with Crippen molar-refractivity contribution >= 4 is 143 Å². The van der Waals surface area contributed by atoms with Crippen LogP contribution in [0.3, 0.4) is 0 Å². The van der Waals surface area contributed by atoms with E-state index < -0.39 is 265 Å². The van der Waals surface area contributed by atoms with Crippen LogP contribution in [0.2, 0.25) is 0 Å². The van der Waals surface area contributed by atoms with Crippen LogP contribution in [0.5, 0.6) is 0 Å². The van der Waals surface area contributed by atoms with Crippen LogP contribution in [0.15, 0.2) is 43.0 Å². The minimum atomic E-state index is -2.03. The van der Waals surface area contributed by atoms with E-state index in [9.17, 15) is 112 Å². The quantitative estimate of drug-likeness (QED) is 0.0234. The lowest BCUT2D eigenvalue weighted by molar-refractivity contribution is -0.143. The number of aromatic amines is 2. The number of hydrogen-bond donors (Lipinski definition) is 24. The number of nitrogens with two attached hydrogens (primary N) is 2. The van der Waals surface area contributed by atoms with E-state index in [0.717, 1.165) is 11.8 Å². The number of primary amides is 1. The molecule has 0 aliphatic carbocycles. The van der Waals surface area contributed by atoms with E-state index in [1.807, 2.05) is 0 Å². The number of aromatic nitrogens is 3. The summed E-state index contributed by atoms with van der Waals surface area (Å²) < 4.78 is 0. The number of carbonyl (C=O) groups excluding carboxylic acids is 15. The maximum Gasteiger partial charge on any atom is 0.326 e. The third kappa shape index (κ3) is 31.5. The number of nitrogens with zero attached hydrogens (tertiary/aromatic N) is 2. The molecule has 4 rings (SSSR count). The smallest absolute Gasteiger partial charge is 0.326 e. The highest BCUT2D eigenvalue weighted by molar-refractivity contribution is 7.80. The molecule has 1 fully saturated rings. The summed E-state index contributed by atoms with van der Waals surface area (Å²) in [4.78, 5) is 255. The molecular weight excluding hydrogens is 1580 g/mol. The van der Waals surface area contributed by atoms with E-state index in [2.05, 4.69) is 109 Å². The summed E-state index contributed by atoms with van der Waals surface area (Å²) in [5.74, 6) is -22.9. The van der Waals surface area contributed by atoms with Gasteiger partial charge in [0.1, 0.15) is 78.5 Å². The first-order valence-corrected chi connectivity index (χ1v) is 39.3. The zero-order valence-corrected chi connectivity index (χ0v) is 68.1. The first kappa shape index (κ1) is 98.4. The fraction of sp³-hybridized carbons (Fsp3) is 0.603. The van der Waals surface area contributed by atoms with E-state index in [0.29, 0.717) is 22.2 Å². The second-order valence-electron chi connectivity index (χ2n) is 29.6. The van der Waals surface area contributed by atoms with Crippen LogP contribution in [-0.2, 0) is 99.1 Å². The summed E-state index contributed by atoms with van der Waals surface area (Å²) in [6.07, 6.45) is -0.976. The minimum absolute atomic E-state index is 0.0128. The van der Waals surface area contributed by atoms with Gasteiger partial charge in [-0.25, -0.2) is 9.78 Å². The molecule has 44 heteroatoms. The Kier molecular flexibility index (Phi) is 40.3. The van der Waals surface area contributed by atoms with Crippen molar-refractivity contribution < 1.29 is 112 Å². The van der Waals surface area contributed by atoms with Gasteiger partial charge in [0.15, 0.2) is 0 Å². The van der Waals surface area contributed by atoms with Gasteiger partial charge in [0.25, 0.3) is 0 Å². The number of para-hydroxylation sites is 1. The number of amides is 15. The van der Waals surface area contributed by atoms with E-state index in [-0.39, 0.29) is 57.4 Å². The second-order valence-corrected chi connectivity index (χ2v) is 30.4. The Morgan fingerprint density at radius 2 is 1.03 bits per heavy atom. The SMILES string of the molecule is CC[C@H](C)[C@H](NC(=O)CNC(=O)[C@@H]1CCCN1C(=O)[C@H](CO)NC(=O)[C@H](CS)NC(=O)[C@H](CC(=O)O)NC(=O)[C@@H](N)C(C)C)C(=O)N[C@@H](Cc1c[nH]c2ccccc12)C(=O)N[C@@H](CCC(N)=O)C(=O)N[C@@H](CC(C)C)C(=O)N[C@@H](CC(=O)O)C(=O)N[C@@H](CS)C(=O)N[C@H](C(=O)N[C@@H](Cc1cnc[nH]1)C(=O)N[C@@H](CC(C)C)C(=O)O)[C@@H](C)O. The monoisotopic (exact) mass is 1690 g/mol. The number of rotatable bonds is 50. The summed E-state index contributed by atoms with van der Waals surface area (Å²) in [7, 11) is 0. The number of carbonyl (C=O) groups is 18. The number of aliphatic hydroxyl groups is 2. The highest BCUT2D eigenvalue weighted by Gasteiger charge is 2.42. The molecule has 1 saturated heterocycles. The van der Waals surface area contributed by atoms with Crippen molar-refractivity contribution in [1.29, 1.82) is 0 Å². The first-order valence-electron chi connectivity index (χ1n) is 38.0. The van der Waals surface area contributed by atoms with E-state index in [4.69, 9.17) is 11.5 Å². The molecule has 42 nitrogen and oxygen atoms in total. The Morgan fingerprint density at radius 1 is 0.564 bits per heavy atom. The average Bonchev–Trinajstić information content (AvgIpc) is 1.52. The topological polar surface area (TPSA) is 665 Å². The predicted molar refractivity (Wildman–Crippen MR) is 423 cm³/mol. The van der Waals surface area contributed by atoms with Crippen molar-refractivity contribution in [3.63, 3.8) is 0 Å². The van der Waals surface area contributed by atoms with Crippen LogP contribution in [0.25, 0.3) is 10.9 Å². The molecule has 24 N–H and O–H groups in total. The number of H-pyrrole nitrogens is 2. The summed E-state index contributed by atoms with van der Waals surface area (Å²) in [5, 5.41) is 82.2. The van der Waals surface area contributed by atoms with Crippen molar-refractivity contribution in [3.8, 4) is 0 Å². The molecule has 0 bridgehead atoms. The van der Waals surface area contributed by atoms with Gasteiger partial charge in [-0.05, 0) is 74.3 Å². The van der Waals surface area contributed by atoms with E-state index in [1.54, 1.807) is 85.9 Å². The van der Waals surface area contributed by atoms with Gasteiger partial charge in [0.2, 0.25) is 88.6 Å². The standard InChI is InChI=1S/C73H111N19O23S2/c1-10-36(8)58(90-54(96)28-78-68(109)52-16-13-19-92(52)72(113)49(29-93)87-66(107)50(30-116)88-65(106)47(25-56(99)100)83-69(110)57(75)35(6)7)70(111)84-44(22-38-26-77-41-15-12-11-14-40(38)41)62(103)80-42(17-18-53(74)95)60(101)81-43(20-33(2)3)61(102)82-46(24-55(97)98)64(105)89-51(31-117)67(108)91-59(37(9)94)71(112)85-45(23-39-27-76-32-79-39)63(104)86-48(73(114)115)21-34(4)5/h11-12,14-15,26-27,32-37,42-52,57-59,77,93-94,116-117H,10,13,16-25,28-31,75H2,1-9H3,(H2,74,95)(H,76,79)(H,78,109)(H,80,103)(H,81,101)(H,82,102)(H,83,110)(H,84,111)(H,85,112)(H,86,104)(H,87,107)(H,88,106)(H,89,105)(H,90,96)(H,91,108)(H,97,98)(H,99,100)(H,114,115)/t36-,37+,42-,43-,44-,45-,46-,47-,48-,49-,50-,51-,52-,57-,58-,59-/m0/s1. The molecule has 16 atom stereocenters. The largest absolute Gasteiger partial charge is 0.481 e. The maximum absolute atomic E-state index is 14.9. The highest BCUT2D eigenvalue weighted by atomic mass is 32.1. The maximum atomic E-state index is 14.9. The molecule has 3 heterocycles. The number of carboxylic acid groups (broad SMARTS) is 3. The number of fused-ring (bicyclic) bond motifs is 1. The summed E-state index contributed by atoms with van der Waals surface area (Å²) in [6, 6.07) is -15.5. The van der Waals surface area contributed by atoms with E-state index >= 15 is 0 Å². The lowest BCUT2D eigenvalue weighted by Gasteiger charge is -2.29. The number of imidazole rings is 1. The summed E-state index contributed by atoms with van der Waals surface area (Å²) >= 11 is 8.27. The second kappa shape index (κ2) is 47.9. The Hall–Kier alpha value is -11.0. The third-order valence-electron chi connectivity index (χ3n) is 18.9. The van der Waals surface area contributed by atoms with Crippen LogP contribution in [0.1, 0.15) is 131 Å². The zero-order chi connectivity index (χ0) is 87.8. The Labute approximate surface area is 684 Å². The van der Waals surface area contributed by atoms with Gasteiger partial charge in [0.05, 0.1) is 44.5 Å². The first-order chi connectivity index (χ1) is 55.0. The molecule has 648 valence electrons. The number of likely N-dealkylation sites (tertiary alicyclic amines) is 1. The van der Waals surface area contributed by atoms with Crippen molar-refractivity contribution in [2.24, 2.45) is 35.1 Å². The summed E-state index contributed by atoms with van der Waals surface area (Å²) in [6.45, 7) is 12.4. The number of aliphatic hydroxyl groups excluding tert-OH is 2. The normalized spacial score (nSPS) is 16.5. The fourth-order valence-corrected chi connectivity index (χ4v) is 12.7. The lowest BCUT2D eigenvalue weighted by atomic mass is 9.97. The van der Waals surface area contributed by atoms with Crippen molar-refractivity contribution in [1.82, 2.24) is 89.0 Å². The number of nitrogens with one attached hydrogen (secondary N) is 15. The lowest BCUT2D eigenvalue weighted by Crippen LogP contribution is -2.62. The number of carboxylic acids is 3. The van der Waals surface area contributed by atoms with E-state index in [1.165, 1.54) is 12.5 Å². The van der Waals surface area contributed by atoms with Crippen molar-refractivity contribution in [3.05, 3.63) is 54.2 Å². The molecule has 117 heavy (non-hydrogen) atoms. The molecule has 0 saturated carbocycles. The number of aliphatic carboxylic acids is 3. The molecule has 15 amide bonds. The molecule has 1 aliphatic rings. The van der Waals surface area contributed by atoms with Crippen LogP contribution < -0.4 is 80.6 Å². The Bertz CT molecular complexity index is 4000. The molecule has 1 aromatic carbocycles. The molecule has 0 radical (unpaired) electrons. The van der Waals surface area contributed by atoms with Gasteiger partial charge in [-0.2, -0.15) is 25.3 Å². The third-order valence-corrected chi connectivity index (χ3v) is 19.7. The molecule has 2 aromatic heterocycles. The zero-order valence-electron chi connectivity index (χ0n) is 66.4. The van der Waals surface area contributed by atoms with Crippen molar-refractivity contribution in [2.75, 3.05) is 31.2 Å². The highest BCUT2D eigenvalue weighted by Crippen LogP contribution is 2.22. The summed E-state index contributed by atoms with van der Waals surface area (Å²) in [5.41, 5.74) is 12.8. The number of benzene rings is 1. The molecule has 0 spiro atoms. The number of thiol groups is 2. The molecular formula is C73H111N19O23S2. The molecule has 3 aromatic rings. The van der Waals surface area contributed by atoms with Crippen LogP contribution in [-0.4, -0.2) is 274 Å².